The summed E-state index contributed by atoms with van der Waals surface area (Å²) in [5.74, 6) is 0.879. The van der Waals surface area contributed by atoms with E-state index in [-0.39, 0.29) is 5.91 Å². The standard InChI is InChI=1S/C17H12ClIN2O2/c1-23-15-5-3-2-4-10(15)8-14-17(22)21-16(20-14)12-9-11(19)6-7-13(12)18/h2-9H,1H3,(H,20,21,22). The minimum absolute atomic E-state index is 0.263. The summed E-state index contributed by atoms with van der Waals surface area (Å²) in [5.41, 5.74) is 1.81. The van der Waals surface area contributed by atoms with E-state index in [1.165, 1.54) is 0 Å². The molecule has 0 saturated carbocycles. The van der Waals surface area contributed by atoms with Gasteiger partial charge in [-0.3, -0.25) is 4.79 Å². The maximum atomic E-state index is 12.2. The van der Waals surface area contributed by atoms with Crippen molar-refractivity contribution in [3.8, 4) is 5.75 Å². The van der Waals surface area contributed by atoms with Crippen molar-refractivity contribution in [3.63, 3.8) is 0 Å². The van der Waals surface area contributed by atoms with Gasteiger partial charge in [0.25, 0.3) is 5.91 Å². The van der Waals surface area contributed by atoms with E-state index in [9.17, 15) is 4.79 Å². The largest absolute Gasteiger partial charge is 0.496 e. The van der Waals surface area contributed by atoms with Gasteiger partial charge in [-0.05, 0) is 52.9 Å². The third-order valence-corrected chi connectivity index (χ3v) is 4.31. The molecule has 0 saturated heterocycles. The fraction of sp³-hybridized carbons (Fsp3) is 0.0588. The predicted molar refractivity (Wildman–Crippen MR) is 99.8 cm³/mol. The van der Waals surface area contributed by atoms with E-state index in [2.05, 4.69) is 32.9 Å². The van der Waals surface area contributed by atoms with E-state index in [4.69, 9.17) is 16.3 Å². The summed E-state index contributed by atoms with van der Waals surface area (Å²) < 4.78 is 6.31. The SMILES string of the molecule is COc1ccccc1C=C1N=C(c2cc(I)ccc2Cl)NC1=O. The first-order valence-corrected chi connectivity index (χ1v) is 8.24. The number of halogens is 2. The molecular formula is C17H12ClIN2O2. The number of aliphatic imine (C=N–C) groups is 1. The Balaban J connectivity index is 2.01. The van der Waals surface area contributed by atoms with Crippen molar-refractivity contribution in [1.82, 2.24) is 5.32 Å². The van der Waals surface area contributed by atoms with Gasteiger partial charge in [0, 0.05) is 14.7 Å². The average molecular weight is 439 g/mol. The van der Waals surface area contributed by atoms with Crippen LogP contribution in [0.5, 0.6) is 5.75 Å². The van der Waals surface area contributed by atoms with E-state index in [0.717, 1.165) is 9.13 Å². The third kappa shape index (κ3) is 3.40. The Labute approximate surface area is 152 Å². The van der Waals surface area contributed by atoms with Crippen molar-refractivity contribution in [2.24, 2.45) is 4.99 Å². The number of carbonyl (C=O) groups excluding carboxylic acids is 1. The van der Waals surface area contributed by atoms with Gasteiger partial charge in [0.1, 0.15) is 17.3 Å². The number of rotatable bonds is 3. The first-order chi connectivity index (χ1) is 11.1. The molecule has 1 amide bonds. The Kier molecular flexibility index (Phi) is 4.68. The molecular weight excluding hydrogens is 427 g/mol. The zero-order chi connectivity index (χ0) is 16.4. The van der Waals surface area contributed by atoms with Crippen LogP contribution in [0.15, 0.2) is 53.2 Å². The second kappa shape index (κ2) is 6.72. The van der Waals surface area contributed by atoms with Crippen molar-refractivity contribution in [2.45, 2.75) is 0 Å². The Morgan fingerprint density at radius 2 is 2.04 bits per heavy atom. The molecule has 1 heterocycles. The van der Waals surface area contributed by atoms with Crippen LogP contribution >= 0.6 is 34.2 Å². The smallest absolute Gasteiger partial charge is 0.275 e. The van der Waals surface area contributed by atoms with Gasteiger partial charge < -0.3 is 10.1 Å². The molecule has 0 bridgehead atoms. The molecule has 4 nitrogen and oxygen atoms in total. The highest BCUT2D eigenvalue weighted by molar-refractivity contribution is 14.1. The number of ether oxygens (including phenoxy) is 1. The molecule has 6 heteroatoms. The molecule has 2 aromatic rings. The summed E-state index contributed by atoms with van der Waals surface area (Å²) in [7, 11) is 1.59. The van der Waals surface area contributed by atoms with Crippen LogP contribution in [-0.2, 0) is 4.79 Å². The maximum absolute atomic E-state index is 12.2. The summed E-state index contributed by atoms with van der Waals surface area (Å²) in [6.45, 7) is 0. The highest BCUT2D eigenvalue weighted by Crippen LogP contribution is 2.25. The highest BCUT2D eigenvalue weighted by Gasteiger charge is 2.23. The van der Waals surface area contributed by atoms with E-state index in [0.29, 0.717) is 27.9 Å². The van der Waals surface area contributed by atoms with Crippen molar-refractivity contribution in [2.75, 3.05) is 7.11 Å². The molecule has 3 rings (SSSR count). The third-order valence-electron chi connectivity index (χ3n) is 3.31. The predicted octanol–water partition coefficient (Wildman–Crippen LogP) is 3.87. The van der Waals surface area contributed by atoms with Gasteiger partial charge in [-0.15, -0.1) is 0 Å². The van der Waals surface area contributed by atoms with Crippen LogP contribution in [0.4, 0.5) is 0 Å². The number of para-hydroxylation sites is 1. The first-order valence-electron chi connectivity index (χ1n) is 6.78. The van der Waals surface area contributed by atoms with Crippen molar-refractivity contribution >= 4 is 52.0 Å². The van der Waals surface area contributed by atoms with E-state index < -0.39 is 0 Å². The first kappa shape index (κ1) is 16.0. The van der Waals surface area contributed by atoms with Gasteiger partial charge in [0.05, 0.1) is 12.1 Å². The van der Waals surface area contributed by atoms with Crippen LogP contribution < -0.4 is 10.1 Å². The molecule has 1 aliphatic rings. The quantitative estimate of drug-likeness (QED) is 0.584. The van der Waals surface area contributed by atoms with Gasteiger partial charge in [0.2, 0.25) is 0 Å². The summed E-state index contributed by atoms with van der Waals surface area (Å²) in [5, 5.41) is 3.30. The number of carbonyl (C=O) groups is 1. The zero-order valence-corrected chi connectivity index (χ0v) is 15.1. The molecule has 2 aromatic carbocycles. The Morgan fingerprint density at radius 3 is 2.83 bits per heavy atom. The lowest BCUT2D eigenvalue weighted by Crippen LogP contribution is -2.25. The number of hydrogen-bond donors (Lipinski definition) is 1. The molecule has 0 aromatic heterocycles. The van der Waals surface area contributed by atoms with Crippen LogP contribution in [-0.4, -0.2) is 18.9 Å². The number of methoxy groups -OCH3 is 1. The van der Waals surface area contributed by atoms with Crippen LogP contribution in [0.25, 0.3) is 6.08 Å². The molecule has 0 unspecified atom stereocenters. The van der Waals surface area contributed by atoms with Gasteiger partial charge in [-0.25, -0.2) is 4.99 Å². The second-order valence-electron chi connectivity index (χ2n) is 4.81. The van der Waals surface area contributed by atoms with E-state index >= 15 is 0 Å². The van der Waals surface area contributed by atoms with Crippen molar-refractivity contribution in [1.29, 1.82) is 0 Å². The van der Waals surface area contributed by atoms with Gasteiger partial charge in [-0.2, -0.15) is 0 Å². The maximum Gasteiger partial charge on any atom is 0.275 e. The van der Waals surface area contributed by atoms with Crippen molar-refractivity contribution in [3.05, 3.63) is 67.9 Å². The molecule has 23 heavy (non-hydrogen) atoms. The van der Waals surface area contributed by atoms with Crippen LogP contribution in [0.2, 0.25) is 5.02 Å². The summed E-state index contributed by atoms with van der Waals surface area (Å²) in [6, 6.07) is 13.0. The van der Waals surface area contributed by atoms with E-state index in [1.54, 1.807) is 19.3 Å². The number of benzene rings is 2. The summed E-state index contributed by atoms with van der Waals surface area (Å²) >= 11 is 8.39. The molecule has 0 radical (unpaired) electrons. The number of nitrogens with zero attached hydrogens (tertiary/aromatic N) is 1. The minimum atomic E-state index is -0.263. The fourth-order valence-electron chi connectivity index (χ4n) is 2.21. The number of amidine groups is 1. The molecule has 1 aliphatic heterocycles. The lowest BCUT2D eigenvalue weighted by atomic mass is 10.1. The summed E-state index contributed by atoms with van der Waals surface area (Å²) in [4.78, 5) is 16.6. The monoisotopic (exact) mass is 438 g/mol. The highest BCUT2D eigenvalue weighted by atomic mass is 127. The lowest BCUT2D eigenvalue weighted by molar-refractivity contribution is -0.115. The van der Waals surface area contributed by atoms with Crippen molar-refractivity contribution < 1.29 is 9.53 Å². The average Bonchev–Trinajstić information content (AvgIpc) is 2.91. The van der Waals surface area contributed by atoms with Crippen LogP contribution in [0.3, 0.4) is 0 Å². The molecule has 116 valence electrons. The fourth-order valence-corrected chi connectivity index (χ4v) is 2.91. The Bertz CT molecular complexity index is 846. The molecule has 1 N–H and O–H groups in total. The van der Waals surface area contributed by atoms with Gasteiger partial charge in [-0.1, -0.05) is 29.8 Å². The second-order valence-corrected chi connectivity index (χ2v) is 6.46. The Morgan fingerprint density at radius 1 is 1.26 bits per heavy atom. The molecule has 0 fully saturated rings. The number of hydrogen-bond acceptors (Lipinski definition) is 3. The lowest BCUT2D eigenvalue weighted by Gasteiger charge is -2.03. The molecule has 0 atom stereocenters. The van der Waals surface area contributed by atoms with Crippen LogP contribution in [0.1, 0.15) is 11.1 Å². The Hall–Kier alpha value is -1.86. The summed E-state index contributed by atoms with van der Waals surface area (Å²) in [6.07, 6.45) is 1.70. The molecule has 0 aliphatic carbocycles. The molecule has 0 spiro atoms. The topological polar surface area (TPSA) is 50.7 Å². The minimum Gasteiger partial charge on any atom is -0.496 e. The van der Waals surface area contributed by atoms with E-state index in [1.807, 2.05) is 36.4 Å². The van der Waals surface area contributed by atoms with Gasteiger partial charge >= 0.3 is 0 Å². The van der Waals surface area contributed by atoms with Gasteiger partial charge in [0.15, 0.2) is 0 Å². The van der Waals surface area contributed by atoms with Crippen LogP contribution in [0, 0.1) is 3.57 Å². The number of amides is 1. The number of nitrogens with one attached hydrogen (secondary N) is 1. The zero-order valence-electron chi connectivity index (χ0n) is 12.1. The normalized spacial score (nSPS) is 15.5.